The third-order valence-corrected chi connectivity index (χ3v) is 4.16. The second kappa shape index (κ2) is 7.55. The van der Waals surface area contributed by atoms with Crippen LogP contribution in [0.15, 0.2) is 53.4 Å². The number of carboxylic acid groups (broad SMARTS) is 1. The first kappa shape index (κ1) is 17.4. The molecule has 0 aliphatic rings. The van der Waals surface area contributed by atoms with Gasteiger partial charge in [-0.1, -0.05) is 24.3 Å². The normalized spacial score (nSPS) is 11.3. The molecule has 0 heterocycles. The zero-order valence-electron chi connectivity index (χ0n) is 13.7. The summed E-state index contributed by atoms with van der Waals surface area (Å²) in [5, 5.41) is 9.20. The van der Waals surface area contributed by atoms with Crippen LogP contribution in [0.2, 0.25) is 0 Å². The summed E-state index contributed by atoms with van der Waals surface area (Å²) < 4.78 is 5.87. The van der Waals surface area contributed by atoms with Gasteiger partial charge < -0.3 is 9.84 Å². The Morgan fingerprint density at radius 1 is 1.13 bits per heavy atom. The van der Waals surface area contributed by atoms with E-state index in [1.165, 1.54) is 5.56 Å². The fourth-order valence-corrected chi connectivity index (χ4v) is 3.21. The van der Waals surface area contributed by atoms with Crippen molar-refractivity contribution >= 4 is 17.7 Å². The van der Waals surface area contributed by atoms with Gasteiger partial charge in [-0.2, -0.15) is 0 Å². The van der Waals surface area contributed by atoms with E-state index in [0.717, 1.165) is 22.8 Å². The number of aromatic carboxylic acids is 1. The molecule has 0 saturated heterocycles. The van der Waals surface area contributed by atoms with Crippen molar-refractivity contribution in [3.05, 3.63) is 59.7 Å². The van der Waals surface area contributed by atoms with Crippen LogP contribution < -0.4 is 4.74 Å². The maximum atomic E-state index is 11.2. The first-order chi connectivity index (χ1) is 10.8. The van der Waals surface area contributed by atoms with E-state index in [-0.39, 0.29) is 5.60 Å². The smallest absolute Gasteiger partial charge is 0.336 e. The molecule has 23 heavy (non-hydrogen) atoms. The molecule has 0 aromatic heterocycles. The Kier molecular flexibility index (Phi) is 5.72. The highest BCUT2D eigenvalue weighted by Crippen LogP contribution is 2.25. The van der Waals surface area contributed by atoms with Crippen LogP contribution in [-0.4, -0.2) is 22.4 Å². The van der Waals surface area contributed by atoms with Crippen LogP contribution in [-0.2, 0) is 6.42 Å². The Hall–Kier alpha value is -1.94. The van der Waals surface area contributed by atoms with Gasteiger partial charge in [-0.3, -0.25) is 0 Å². The van der Waals surface area contributed by atoms with E-state index in [4.69, 9.17) is 4.74 Å². The average molecular weight is 330 g/mol. The van der Waals surface area contributed by atoms with Gasteiger partial charge in [-0.05, 0) is 57.0 Å². The molecule has 0 radical (unpaired) electrons. The predicted molar refractivity (Wildman–Crippen MR) is 94.7 cm³/mol. The molecule has 0 atom stereocenters. The number of hydrogen-bond acceptors (Lipinski definition) is 3. The lowest BCUT2D eigenvalue weighted by molar-refractivity contribution is 0.0693. The van der Waals surface area contributed by atoms with Gasteiger partial charge in [-0.25, -0.2) is 4.79 Å². The lowest BCUT2D eigenvalue weighted by Crippen LogP contribution is -2.22. The second-order valence-electron chi connectivity index (χ2n) is 6.26. The van der Waals surface area contributed by atoms with Gasteiger partial charge in [0.2, 0.25) is 0 Å². The number of carboxylic acids is 1. The largest absolute Gasteiger partial charge is 0.488 e. The minimum absolute atomic E-state index is 0.214. The summed E-state index contributed by atoms with van der Waals surface area (Å²) in [6.45, 7) is 6.08. The summed E-state index contributed by atoms with van der Waals surface area (Å²) in [5.74, 6) is 0.808. The summed E-state index contributed by atoms with van der Waals surface area (Å²) in [6.07, 6.45) is 0.861. The molecule has 0 aliphatic heterocycles. The van der Waals surface area contributed by atoms with E-state index in [9.17, 15) is 9.90 Å². The number of thioether (sulfide) groups is 1. The number of ether oxygens (including phenoxy) is 1. The van der Waals surface area contributed by atoms with E-state index >= 15 is 0 Å². The van der Waals surface area contributed by atoms with Gasteiger partial charge >= 0.3 is 5.97 Å². The van der Waals surface area contributed by atoms with Crippen LogP contribution in [0.1, 0.15) is 36.7 Å². The van der Waals surface area contributed by atoms with Crippen molar-refractivity contribution in [2.24, 2.45) is 0 Å². The lowest BCUT2D eigenvalue weighted by Gasteiger charge is -2.21. The van der Waals surface area contributed by atoms with Crippen molar-refractivity contribution in [2.45, 2.75) is 37.7 Å². The second-order valence-corrected chi connectivity index (χ2v) is 7.40. The van der Waals surface area contributed by atoms with Gasteiger partial charge in [0.05, 0.1) is 5.56 Å². The van der Waals surface area contributed by atoms with E-state index in [1.54, 1.807) is 23.9 Å². The van der Waals surface area contributed by atoms with Gasteiger partial charge in [0.15, 0.2) is 0 Å². The predicted octanol–water partition coefficient (Wildman–Crippen LogP) is 4.90. The average Bonchev–Trinajstić information content (AvgIpc) is 2.46. The third kappa shape index (κ3) is 5.64. The van der Waals surface area contributed by atoms with E-state index in [1.807, 2.05) is 45.0 Å². The monoisotopic (exact) mass is 330 g/mol. The molecule has 0 unspecified atom stereocenters. The van der Waals surface area contributed by atoms with Crippen LogP contribution in [0, 0.1) is 0 Å². The Bertz CT molecular complexity index is 674. The topological polar surface area (TPSA) is 46.5 Å². The molecule has 4 heteroatoms. The zero-order chi connectivity index (χ0) is 16.9. The molecule has 2 aromatic carbocycles. The van der Waals surface area contributed by atoms with E-state index < -0.39 is 5.97 Å². The molecule has 0 bridgehead atoms. The summed E-state index contributed by atoms with van der Waals surface area (Å²) in [5.41, 5.74) is 1.34. The van der Waals surface area contributed by atoms with Crippen molar-refractivity contribution in [3.8, 4) is 5.75 Å². The van der Waals surface area contributed by atoms with E-state index in [2.05, 4.69) is 12.1 Å². The number of hydrogen-bond donors (Lipinski definition) is 1. The summed E-state index contributed by atoms with van der Waals surface area (Å²) in [4.78, 5) is 12.0. The maximum Gasteiger partial charge on any atom is 0.336 e. The number of carbonyl (C=O) groups is 1. The Labute approximate surface area is 141 Å². The van der Waals surface area contributed by atoms with Gasteiger partial charge in [0.25, 0.3) is 0 Å². The highest BCUT2D eigenvalue weighted by molar-refractivity contribution is 7.99. The number of benzene rings is 2. The van der Waals surface area contributed by atoms with Crippen LogP contribution in [0.3, 0.4) is 0 Å². The summed E-state index contributed by atoms with van der Waals surface area (Å²) in [6, 6.07) is 15.2. The van der Waals surface area contributed by atoms with E-state index in [0.29, 0.717) is 5.56 Å². The van der Waals surface area contributed by atoms with Gasteiger partial charge in [-0.15, -0.1) is 11.8 Å². The highest BCUT2D eigenvalue weighted by atomic mass is 32.2. The number of rotatable bonds is 6. The van der Waals surface area contributed by atoms with Crippen LogP contribution in [0.25, 0.3) is 0 Å². The molecule has 3 nitrogen and oxygen atoms in total. The molecular formula is C19H22O3S. The Morgan fingerprint density at radius 2 is 1.87 bits per heavy atom. The third-order valence-electron chi connectivity index (χ3n) is 3.09. The van der Waals surface area contributed by atoms with Crippen LogP contribution in [0.5, 0.6) is 5.75 Å². The molecule has 2 aromatic rings. The molecule has 0 saturated carbocycles. The Morgan fingerprint density at radius 3 is 2.57 bits per heavy atom. The van der Waals surface area contributed by atoms with Crippen molar-refractivity contribution in [3.63, 3.8) is 0 Å². The standard InChI is InChI=1S/C19H22O3S/c1-19(2,3)22-15-8-6-7-14(13-15)11-12-23-17-10-5-4-9-16(17)18(20)21/h4-10,13H,11-12H2,1-3H3,(H,20,21). The fourth-order valence-electron chi connectivity index (χ4n) is 2.17. The quantitative estimate of drug-likeness (QED) is 0.766. The minimum atomic E-state index is -0.881. The first-order valence-corrected chi connectivity index (χ1v) is 8.57. The summed E-state index contributed by atoms with van der Waals surface area (Å²) in [7, 11) is 0. The molecular weight excluding hydrogens is 308 g/mol. The SMILES string of the molecule is CC(C)(C)Oc1cccc(CCSc2ccccc2C(=O)O)c1. The van der Waals surface area contributed by atoms with Gasteiger partial charge in [0.1, 0.15) is 11.4 Å². The molecule has 0 fully saturated rings. The molecule has 122 valence electrons. The maximum absolute atomic E-state index is 11.2. The van der Waals surface area contributed by atoms with Crippen LogP contribution >= 0.6 is 11.8 Å². The molecule has 0 amide bonds. The fraction of sp³-hybridized carbons (Fsp3) is 0.316. The molecule has 0 spiro atoms. The highest BCUT2D eigenvalue weighted by Gasteiger charge is 2.12. The van der Waals surface area contributed by atoms with Gasteiger partial charge in [0, 0.05) is 10.6 Å². The first-order valence-electron chi connectivity index (χ1n) is 7.58. The van der Waals surface area contributed by atoms with Crippen molar-refractivity contribution in [1.82, 2.24) is 0 Å². The lowest BCUT2D eigenvalue weighted by atomic mass is 10.1. The molecule has 1 N–H and O–H groups in total. The van der Waals surface area contributed by atoms with Crippen molar-refractivity contribution in [1.29, 1.82) is 0 Å². The molecule has 2 rings (SSSR count). The molecule has 0 aliphatic carbocycles. The Balaban J connectivity index is 1.97. The minimum Gasteiger partial charge on any atom is -0.488 e. The zero-order valence-corrected chi connectivity index (χ0v) is 14.5. The summed E-state index contributed by atoms with van der Waals surface area (Å²) >= 11 is 1.57. The van der Waals surface area contributed by atoms with Crippen LogP contribution in [0.4, 0.5) is 0 Å². The van der Waals surface area contributed by atoms with Crippen molar-refractivity contribution < 1.29 is 14.6 Å². The number of aryl methyl sites for hydroxylation is 1. The van der Waals surface area contributed by atoms with Crippen molar-refractivity contribution in [2.75, 3.05) is 5.75 Å².